The quantitative estimate of drug-likeness (QED) is 0.203. The van der Waals surface area contributed by atoms with Crippen LogP contribution in [0, 0.1) is 28.6 Å². The molecule has 13 heteroatoms. The highest BCUT2D eigenvalue weighted by Gasteiger charge is 2.76. The molecular weight excluding hydrogens is 639 g/mol. The van der Waals surface area contributed by atoms with Gasteiger partial charge in [0, 0.05) is 41.2 Å². The first-order valence-corrected chi connectivity index (χ1v) is 17.9. The number of carbonyl (C=O) groups excluding carboxylic acids is 2. The molecule has 2 aromatic rings. The average Bonchev–Trinajstić information content (AvgIpc) is 3.64. The molecule has 9 atom stereocenters. The second-order valence-electron chi connectivity index (χ2n) is 14.7. The average molecular weight is 683 g/mol. The van der Waals surface area contributed by atoms with Gasteiger partial charge >= 0.3 is 7.82 Å². The number of anilines is 1. The highest BCUT2D eigenvalue weighted by atomic mass is 31.2. The van der Waals surface area contributed by atoms with Crippen molar-refractivity contribution in [3.63, 3.8) is 0 Å². The summed E-state index contributed by atoms with van der Waals surface area (Å²) in [6, 6.07) is 7.46. The highest BCUT2D eigenvalue weighted by molar-refractivity contribution is 7.46. The second kappa shape index (κ2) is 11.6. The van der Waals surface area contributed by atoms with Crippen molar-refractivity contribution in [2.75, 3.05) is 12.3 Å². The highest BCUT2D eigenvalue weighted by Crippen LogP contribution is 2.70. The molecule has 1 aliphatic heterocycles. The Hall–Kier alpha value is -2.93. The summed E-state index contributed by atoms with van der Waals surface area (Å²) < 4.78 is 31.8. The van der Waals surface area contributed by atoms with E-state index in [1.807, 2.05) is 49.0 Å². The van der Waals surface area contributed by atoms with Crippen LogP contribution >= 0.6 is 7.82 Å². The lowest BCUT2D eigenvalue weighted by Crippen LogP contribution is -2.63. The zero-order valence-electron chi connectivity index (χ0n) is 27.2. The van der Waals surface area contributed by atoms with Crippen LogP contribution in [0.1, 0.15) is 68.2 Å². The van der Waals surface area contributed by atoms with E-state index in [1.165, 1.54) is 0 Å². The number of hydrogen-bond donors (Lipinski definition) is 5. The maximum absolute atomic E-state index is 14.3. The van der Waals surface area contributed by atoms with Gasteiger partial charge in [-0.05, 0) is 79.4 Å². The lowest BCUT2D eigenvalue weighted by atomic mass is 9.46. The van der Waals surface area contributed by atoms with E-state index >= 15 is 0 Å². The first-order valence-electron chi connectivity index (χ1n) is 16.4. The minimum Gasteiger partial charge on any atom is -0.398 e. The van der Waals surface area contributed by atoms with Crippen LogP contribution in [0.4, 0.5) is 5.69 Å². The number of carbonyl (C=O) groups is 2. The van der Waals surface area contributed by atoms with E-state index in [9.17, 15) is 34.2 Å². The molecule has 48 heavy (non-hydrogen) atoms. The first-order chi connectivity index (χ1) is 22.6. The Kier molecular flexibility index (Phi) is 8.09. The predicted octanol–water partition coefficient (Wildman–Crippen LogP) is 3.41. The van der Waals surface area contributed by atoms with E-state index in [4.69, 9.17) is 19.7 Å². The minimum absolute atomic E-state index is 0.0197. The van der Waals surface area contributed by atoms with Gasteiger partial charge in [0.15, 0.2) is 17.2 Å². The van der Waals surface area contributed by atoms with Gasteiger partial charge in [-0.15, -0.1) is 0 Å². The topological polar surface area (TPSA) is 191 Å². The number of nitrogens with two attached hydrogens (primary N) is 1. The number of aliphatic hydroxyl groups is 2. The lowest BCUT2D eigenvalue weighted by molar-refractivity contribution is -0.201. The molecule has 4 fully saturated rings. The molecule has 0 radical (unpaired) electrons. The number of ether oxygens (including phenoxy) is 2. The van der Waals surface area contributed by atoms with Gasteiger partial charge in [-0.1, -0.05) is 37.6 Å². The van der Waals surface area contributed by atoms with Crippen LogP contribution in [0.15, 0.2) is 54.3 Å². The zero-order valence-corrected chi connectivity index (χ0v) is 28.1. The number of aromatic nitrogens is 1. The Morgan fingerprint density at radius 1 is 1.21 bits per heavy atom. The molecule has 1 aromatic heterocycles. The summed E-state index contributed by atoms with van der Waals surface area (Å²) in [7, 11) is -3.13. The van der Waals surface area contributed by atoms with Gasteiger partial charge in [-0.3, -0.25) is 14.1 Å². The van der Waals surface area contributed by atoms with Crippen molar-refractivity contribution in [2.24, 2.45) is 35.6 Å². The Bertz CT molecular complexity index is 1780. The second-order valence-corrected chi connectivity index (χ2v) is 15.9. The van der Waals surface area contributed by atoms with Crippen molar-refractivity contribution in [1.82, 2.24) is 4.57 Å². The molecule has 1 saturated heterocycles. The molecule has 6 N–H and O–H groups in total. The molecule has 3 saturated carbocycles. The molecule has 5 aliphatic rings. The molecule has 1 aromatic carbocycles. The number of rotatable bonds is 8. The van der Waals surface area contributed by atoms with E-state index in [0.717, 1.165) is 23.1 Å². The third kappa shape index (κ3) is 5.12. The molecule has 7 rings (SSSR count). The molecule has 4 aliphatic carbocycles. The number of nitrogens with zero attached hydrogens (tertiary/aromatic N) is 1. The van der Waals surface area contributed by atoms with Crippen molar-refractivity contribution in [1.29, 1.82) is 0 Å². The third-order valence-electron chi connectivity index (χ3n) is 12.1. The number of aliphatic hydroxyl groups excluding tert-OH is 2. The normalized spacial score (nSPS) is 37.1. The zero-order chi connectivity index (χ0) is 34.4. The maximum atomic E-state index is 14.3. The lowest BCUT2D eigenvalue weighted by Gasteiger charge is -2.59. The van der Waals surface area contributed by atoms with Gasteiger partial charge < -0.3 is 39.8 Å². The smallest absolute Gasteiger partial charge is 0.398 e. The molecule has 0 amide bonds. The summed E-state index contributed by atoms with van der Waals surface area (Å²) in [5.74, 6) is -1.01. The number of allylic oxidation sites excluding steroid dienone is 4. The summed E-state index contributed by atoms with van der Waals surface area (Å²) in [5, 5.41) is 21.4. The van der Waals surface area contributed by atoms with Crippen LogP contribution in [0.25, 0.3) is 0 Å². The van der Waals surface area contributed by atoms with Crippen molar-refractivity contribution >= 4 is 25.1 Å². The SMILES string of the molecule is Cn1cc(Cc2ccc(CO)c(N)c2)cc1[C@@H]1O[C@@H]2C[C@H]3[C@@H]4CCC5=CC(=O)C=C[C@]5(C)[C@H]4[C@@H](O)C[C@]3(C)[C@]2(C(=O)COP(=O)(O)O)O1. The van der Waals surface area contributed by atoms with Gasteiger partial charge in [0.25, 0.3) is 0 Å². The van der Waals surface area contributed by atoms with Crippen molar-refractivity contribution < 1.29 is 48.2 Å². The maximum Gasteiger partial charge on any atom is 0.470 e. The van der Waals surface area contributed by atoms with E-state index in [1.54, 1.807) is 18.2 Å². The molecular formula is C35H43N2O10P. The van der Waals surface area contributed by atoms with Crippen molar-refractivity contribution in [3.8, 4) is 0 Å². The van der Waals surface area contributed by atoms with Gasteiger partial charge in [0.2, 0.25) is 6.29 Å². The fourth-order valence-electron chi connectivity index (χ4n) is 10.1. The van der Waals surface area contributed by atoms with Crippen molar-refractivity contribution in [2.45, 2.75) is 76.7 Å². The third-order valence-corrected chi connectivity index (χ3v) is 12.6. The van der Waals surface area contributed by atoms with Gasteiger partial charge in [-0.2, -0.15) is 0 Å². The number of benzene rings is 1. The fraction of sp³-hybridized carbons (Fsp3) is 0.543. The summed E-state index contributed by atoms with van der Waals surface area (Å²) in [5.41, 5.74) is 7.71. The van der Waals surface area contributed by atoms with Crippen LogP contribution in [0.3, 0.4) is 0 Å². The Balaban J connectivity index is 1.22. The number of Topliss-reactive ketones (excluding diaryl/α,β-unsaturated/α-hetero) is 1. The van der Waals surface area contributed by atoms with E-state index in [-0.39, 0.29) is 36.6 Å². The minimum atomic E-state index is -4.98. The Morgan fingerprint density at radius 3 is 2.69 bits per heavy atom. The predicted molar refractivity (Wildman–Crippen MR) is 173 cm³/mol. The number of phosphoric ester groups is 1. The Morgan fingerprint density at radius 2 is 1.98 bits per heavy atom. The van der Waals surface area contributed by atoms with Crippen molar-refractivity contribution in [3.05, 3.63) is 76.6 Å². The van der Waals surface area contributed by atoms with E-state index < -0.39 is 55.1 Å². The number of phosphoric acid groups is 1. The van der Waals surface area contributed by atoms with E-state index in [2.05, 4.69) is 6.92 Å². The number of aryl methyl sites for hydroxylation is 1. The largest absolute Gasteiger partial charge is 0.470 e. The van der Waals surface area contributed by atoms with Crippen LogP contribution in [0.5, 0.6) is 0 Å². The van der Waals surface area contributed by atoms with E-state index in [0.29, 0.717) is 36.2 Å². The standard InChI is InChI=1S/C35H43N2O10P/c1-33-9-8-23(39)13-22(33)6-7-24-25-14-30-35(29(41)18-45-48(42,43)44,34(25,2)15-28(40)31(24)33)47-32(46-30)27-12-20(16-37(27)3)10-19-4-5-21(17-38)26(36)11-19/h4-5,8-9,11-13,16,24-25,28,30-32,38,40H,6-7,10,14-15,17-18,36H2,1-3H3,(H2,42,43,44)/t24-,25-,28-,30+,31+,32+,33-,34-,35+/m0/s1. The van der Waals surface area contributed by atoms with Crippen LogP contribution in [-0.2, 0) is 48.2 Å². The molecule has 258 valence electrons. The van der Waals surface area contributed by atoms with Crippen LogP contribution in [-0.4, -0.2) is 60.5 Å². The summed E-state index contributed by atoms with van der Waals surface area (Å²) in [6.45, 7) is 2.98. The number of nitrogen functional groups attached to an aromatic ring is 1. The summed E-state index contributed by atoms with van der Waals surface area (Å²) in [6.07, 6.45) is 7.15. The molecule has 2 heterocycles. The Labute approximate surface area is 278 Å². The van der Waals surface area contributed by atoms with Gasteiger partial charge in [0.05, 0.1) is 24.5 Å². The fourth-order valence-corrected chi connectivity index (χ4v) is 10.4. The number of ketones is 2. The number of hydrogen-bond acceptors (Lipinski definition) is 9. The van der Waals surface area contributed by atoms with Crippen LogP contribution < -0.4 is 5.73 Å². The number of fused-ring (bicyclic) bond motifs is 7. The first kappa shape index (κ1) is 33.6. The summed E-state index contributed by atoms with van der Waals surface area (Å²) >= 11 is 0. The van der Waals surface area contributed by atoms with Gasteiger partial charge in [0.1, 0.15) is 6.61 Å². The molecule has 12 nitrogen and oxygen atoms in total. The molecule has 0 spiro atoms. The van der Waals surface area contributed by atoms with Gasteiger partial charge in [-0.25, -0.2) is 4.57 Å². The monoisotopic (exact) mass is 682 g/mol. The summed E-state index contributed by atoms with van der Waals surface area (Å²) in [4.78, 5) is 45.5. The molecule has 0 unspecified atom stereocenters. The van der Waals surface area contributed by atoms with Crippen LogP contribution in [0.2, 0.25) is 0 Å². The molecule has 0 bridgehead atoms.